The van der Waals surface area contributed by atoms with Gasteiger partial charge in [0.2, 0.25) is 5.91 Å². The van der Waals surface area contributed by atoms with Gasteiger partial charge < -0.3 is 10.6 Å². The van der Waals surface area contributed by atoms with Crippen molar-refractivity contribution in [2.45, 2.75) is 19.4 Å². The summed E-state index contributed by atoms with van der Waals surface area (Å²) in [4.78, 5) is 12.7. The molecule has 0 aliphatic carbocycles. The fourth-order valence-electron chi connectivity index (χ4n) is 0.727. The molecule has 0 aliphatic rings. The summed E-state index contributed by atoms with van der Waals surface area (Å²) in [5.41, 5.74) is 5.45. The summed E-state index contributed by atoms with van der Waals surface area (Å²) < 4.78 is 0. The zero-order valence-corrected chi connectivity index (χ0v) is 7.21. The first kappa shape index (κ1) is 10.2. The normalized spacial score (nSPS) is 12.3. The zero-order valence-electron chi connectivity index (χ0n) is 7.21. The third-order valence-electron chi connectivity index (χ3n) is 1.33. The van der Waals surface area contributed by atoms with Crippen LogP contribution < -0.4 is 5.73 Å². The molecule has 0 heterocycles. The number of likely N-dealkylation sites (N-methyl/N-ethyl adjacent to an activating group) is 1. The number of amides is 1. The molecule has 0 saturated carbocycles. The second-order valence-electron chi connectivity index (χ2n) is 2.74. The Balaban J connectivity index is 3.72. The molecule has 0 fully saturated rings. The standard InChI is InChI=1S/C8H16N2O/c1-4-5-10(3)8(11)6-7(2)9/h4,7H,1,5-6,9H2,2-3H3. The highest BCUT2D eigenvalue weighted by Crippen LogP contribution is 1.93. The van der Waals surface area contributed by atoms with Crippen LogP contribution in [0.15, 0.2) is 12.7 Å². The minimum atomic E-state index is -0.0604. The lowest BCUT2D eigenvalue weighted by molar-refractivity contribution is -0.129. The van der Waals surface area contributed by atoms with Gasteiger partial charge in [-0.2, -0.15) is 0 Å². The van der Waals surface area contributed by atoms with E-state index >= 15 is 0 Å². The number of hydrogen-bond donors (Lipinski definition) is 1. The zero-order chi connectivity index (χ0) is 8.85. The quantitative estimate of drug-likeness (QED) is 0.598. The largest absolute Gasteiger partial charge is 0.342 e. The summed E-state index contributed by atoms with van der Waals surface area (Å²) >= 11 is 0. The first-order valence-electron chi connectivity index (χ1n) is 3.68. The Hall–Kier alpha value is -0.830. The van der Waals surface area contributed by atoms with Crippen LogP contribution in [-0.4, -0.2) is 30.4 Å². The number of nitrogens with two attached hydrogens (primary N) is 1. The smallest absolute Gasteiger partial charge is 0.224 e. The van der Waals surface area contributed by atoms with E-state index in [1.54, 1.807) is 18.0 Å². The topological polar surface area (TPSA) is 46.3 Å². The average Bonchev–Trinajstić information content (AvgIpc) is 1.86. The lowest BCUT2D eigenvalue weighted by Crippen LogP contribution is -2.31. The summed E-state index contributed by atoms with van der Waals surface area (Å²) in [5, 5.41) is 0. The molecule has 0 spiro atoms. The van der Waals surface area contributed by atoms with E-state index in [0.717, 1.165) is 0 Å². The summed E-state index contributed by atoms with van der Waals surface area (Å²) in [5.74, 6) is 0.0694. The van der Waals surface area contributed by atoms with Gasteiger partial charge in [0.1, 0.15) is 0 Å². The van der Waals surface area contributed by atoms with Crippen LogP contribution in [-0.2, 0) is 4.79 Å². The molecule has 0 radical (unpaired) electrons. The van der Waals surface area contributed by atoms with Crippen molar-refractivity contribution in [2.75, 3.05) is 13.6 Å². The van der Waals surface area contributed by atoms with Crippen molar-refractivity contribution < 1.29 is 4.79 Å². The van der Waals surface area contributed by atoms with Crippen LogP contribution in [0.1, 0.15) is 13.3 Å². The highest BCUT2D eigenvalue weighted by molar-refractivity contribution is 5.76. The maximum Gasteiger partial charge on any atom is 0.224 e. The maximum absolute atomic E-state index is 11.1. The van der Waals surface area contributed by atoms with Gasteiger partial charge in [-0.15, -0.1) is 6.58 Å². The van der Waals surface area contributed by atoms with E-state index < -0.39 is 0 Å². The van der Waals surface area contributed by atoms with Gasteiger partial charge in [0.15, 0.2) is 0 Å². The third-order valence-corrected chi connectivity index (χ3v) is 1.33. The summed E-state index contributed by atoms with van der Waals surface area (Å²) in [6.07, 6.45) is 2.10. The first-order valence-corrected chi connectivity index (χ1v) is 3.68. The van der Waals surface area contributed by atoms with Crippen molar-refractivity contribution in [2.24, 2.45) is 5.73 Å². The van der Waals surface area contributed by atoms with Crippen LogP contribution >= 0.6 is 0 Å². The van der Waals surface area contributed by atoms with Crippen molar-refractivity contribution in [1.29, 1.82) is 0 Å². The maximum atomic E-state index is 11.1. The van der Waals surface area contributed by atoms with Gasteiger partial charge in [0, 0.05) is 26.1 Å². The van der Waals surface area contributed by atoms with Gasteiger partial charge in [0.25, 0.3) is 0 Å². The molecule has 1 atom stereocenters. The molecule has 0 rings (SSSR count). The van der Waals surface area contributed by atoms with E-state index in [0.29, 0.717) is 13.0 Å². The Morgan fingerprint density at radius 3 is 2.73 bits per heavy atom. The summed E-state index contributed by atoms with van der Waals surface area (Å²) in [6, 6.07) is -0.0604. The Kier molecular flexibility index (Phi) is 4.54. The van der Waals surface area contributed by atoms with E-state index in [-0.39, 0.29) is 11.9 Å². The molecule has 0 saturated heterocycles. The van der Waals surface area contributed by atoms with E-state index in [1.807, 2.05) is 6.92 Å². The number of carbonyl (C=O) groups is 1. The molecular formula is C8H16N2O. The number of carbonyl (C=O) groups excluding carboxylic acids is 1. The molecule has 0 aromatic heterocycles. The van der Waals surface area contributed by atoms with Crippen LogP contribution in [0.25, 0.3) is 0 Å². The minimum absolute atomic E-state index is 0.0604. The van der Waals surface area contributed by atoms with Gasteiger partial charge in [-0.3, -0.25) is 4.79 Å². The van der Waals surface area contributed by atoms with Gasteiger partial charge >= 0.3 is 0 Å². The molecule has 3 nitrogen and oxygen atoms in total. The molecule has 0 aliphatic heterocycles. The molecule has 0 bridgehead atoms. The average molecular weight is 156 g/mol. The van der Waals surface area contributed by atoms with Crippen LogP contribution in [0.5, 0.6) is 0 Å². The van der Waals surface area contributed by atoms with Crippen molar-refractivity contribution in [3.05, 3.63) is 12.7 Å². The second-order valence-corrected chi connectivity index (χ2v) is 2.74. The fraction of sp³-hybridized carbons (Fsp3) is 0.625. The van der Waals surface area contributed by atoms with Gasteiger partial charge in [-0.05, 0) is 6.92 Å². The SMILES string of the molecule is C=CCN(C)C(=O)CC(C)N. The van der Waals surface area contributed by atoms with Crippen molar-refractivity contribution >= 4 is 5.91 Å². The Labute approximate surface area is 67.9 Å². The van der Waals surface area contributed by atoms with E-state index in [1.165, 1.54) is 0 Å². The van der Waals surface area contributed by atoms with Crippen molar-refractivity contribution in [3.8, 4) is 0 Å². The van der Waals surface area contributed by atoms with Crippen molar-refractivity contribution in [1.82, 2.24) is 4.90 Å². The molecule has 64 valence electrons. The molecule has 1 amide bonds. The molecule has 0 aromatic carbocycles. The predicted molar refractivity (Wildman–Crippen MR) is 46.1 cm³/mol. The molecular weight excluding hydrogens is 140 g/mol. The molecule has 2 N–H and O–H groups in total. The lowest BCUT2D eigenvalue weighted by atomic mass is 10.2. The van der Waals surface area contributed by atoms with E-state index in [2.05, 4.69) is 6.58 Å². The van der Waals surface area contributed by atoms with E-state index in [9.17, 15) is 4.79 Å². The summed E-state index contributed by atoms with van der Waals surface area (Å²) in [6.45, 7) is 5.95. The second kappa shape index (κ2) is 4.91. The van der Waals surface area contributed by atoms with Crippen LogP contribution in [0, 0.1) is 0 Å². The molecule has 3 heteroatoms. The highest BCUT2D eigenvalue weighted by Gasteiger charge is 2.08. The Morgan fingerprint density at radius 2 is 2.36 bits per heavy atom. The fourth-order valence-corrected chi connectivity index (χ4v) is 0.727. The first-order chi connectivity index (χ1) is 5.07. The molecule has 1 unspecified atom stereocenters. The van der Waals surface area contributed by atoms with Crippen LogP contribution in [0.4, 0.5) is 0 Å². The highest BCUT2D eigenvalue weighted by atomic mass is 16.2. The number of nitrogens with zero attached hydrogens (tertiary/aromatic N) is 1. The Bertz CT molecular complexity index is 143. The number of rotatable bonds is 4. The molecule has 0 aromatic rings. The van der Waals surface area contributed by atoms with Gasteiger partial charge in [-0.25, -0.2) is 0 Å². The predicted octanol–water partition coefficient (Wildman–Crippen LogP) is 0.368. The monoisotopic (exact) mass is 156 g/mol. The van der Waals surface area contributed by atoms with E-state index in [4.69, 9.17) is 5.73 Å². The van der Waals surface area contributed by atoms with Crippen molar-refractivity contribution in [3.63, 3.8) is 0 Å². The third kappa shape index (κ3) is 4.56. The lowest BCUT2D eigenvalue weighted by Gasteiger charge is -2.15. The Morgan fingerprint density at radius 1 is 1.82 bits per heavy atom. The van der Waals surface area contributed by atoms with Gasteiger partial charge in [-0.1, -0.05) is 6.08 Å². The minimum Gasteiger partial charge on any atom is -0.342 e. The molecule has 11 heavy (non-hydrogen) atoms. The van der Waals surface area contributed by atoms with Crippen LogP contribution in [0.3, 0.4) is 0 Å². The summed E-state index contributed by atoms with van der Waals surface area (Å²) in [7, 11) is 1.74. The van der Waals surface area contributed by atoms with Crippen LogP contribution in [0.2, 0.25) is 0 Å². The number of hydrogen-bond acceptors (Lipinski definition) is 2. The van der Waals surface area contributed by atoms with Gasteiger partial charge in [0.05, 0.1) is 0 Å².